The highest BCUT2D eigenvalue weighted by Crippen LogP contribution is 2.26. The number of rotatable bonds is 3. The number of hydrogen-bond donors (Lipinski definition) is 0. The lowest BCUT2D eigenvalue weighted by molar-refractivity contribution is -0.131. The number of carbonyl (C=O) groups is 1. The van der Waals surface area contributed by atoms with E-state index in [2.05, 4.69) is 30.5 Å². The molecule has 116 valence electrons. The lowest BCUT2D eigenvalue weighted by atomic mass is 10.0. The molecule has 0 spiro atoms. The molecule has 0 aliphatic carbocycles. The Morgan fingerprint density at radius 1 is 1.00 bits per heavy atom. The van der Waals surface area contributed by atoms with Crippen molar-refractivity contribution in [3.63, 3.8) is 0 Å². The van der Waals surface area contributed by atoms with Gasteiger partial charge in [-0.2, -0.15) is 0 Å². The van der Waals surface area contributed by atoms with Crippen LogP contribution in [0.4, 0.5) is 0 Å². The second kappa shape index (κ2) is 6.39. The molecule has 1 aliphatic rings. The van der Waals surface area contributed by atoms with Crippen molar-refractivity contribution in [1.29, 1.82) is 0 Å². The third-order valence-electron chi connectivity index (χ3n) is 4.71. The number of hydrogen-bond acceptors (Lipinski definition) is 1. The number of piperidine rings is 1. The fraction of sp³-hybridized carbons (Fsp3) is 0.421. The maximum absolute atomic E-state index is 12.4. The number of likely N-dealkylation sites (tertiary alicyclic amines) is 1. The molecule has 0 saturated carbocycles. The second-order valence-corrected chi connectivity index (χ2v) is 6.26. The molecule has 3 nitrogen and oxygen atoms in total. The summed E-state index contributed by atoms with van der Waals surface area (Å²) in [5.74, 6) is 0.255. The van der Waals surface area contributed by atoms with Crippen molar-refractivity contribution < 1.29 is 4.79 Å². The second-order valence-electron chi connectivity index (χ2n) is 6.26. The summed E-state index contributed by atoms with van der Waals surface area (Å²) in [7, 11) is 0. The smallest absolute Gasteiger partial charge is 0.226 e. The fourth-order valence-corrected chi connectivity index (χ4v) is 3.51. The van der Waals surface area contributed by atoms with Crippen LogP contribution in [0.2, 0.25) is 0 Å². The molecule has 1 aliphatic heterocycles. The van der Waals surface area contributed by atoms with Crippen LogP contribution in [0.5, 0.6) is 0 Å². The van der Waals surface area contributed by atoms with E-state index in [0.29, 0.717) is 12.5 Å². The quantitative estimate of drug-likeness (QED) is 0.851. The highest BCUT2D eigenvalue weighted by atomic mass is 16.2. The van der Waals surface area contributed by atoms with Crippen LogP contribution >= 0.6 is 0 Å². The van der Waals surface area contributed by atoms with Gasteiger partial charge in [0.25, 0.3) is 0 Å². The summed E-state index contributed by atoms with van der Waals surface area (Å²) in [6.45, 7) is 6.07. The van der Waals surface area contributed by atoms with E-state index in [4.69, 9.17) is 0 Å². The number of aromatic nitrogens is 1. The topological polar surface area (TPSA) is 25.2 Å². The van der Waals surface area contributed by atoms with Crippen LogP contribution in [0.3, 0.4) is 0 Å². The van der Waals surface area contributed by atoms with Crippen LogP contribution in [0.25, 0.3) is 0 Å². The third kappa shape index (κ3) is 3.08. The van der Waals surface area contributed by atoms with Gasteiger partial charge in [0, 0.05) is 30.5 Å². The molecule has 2 heterocycles. The monoisotopic (exact) mass is 296 g/mol. The first-order valence-corrected chi connectivity index (χ1v) is 8.11. The Bertz CT molecular complexity index is 617. The summed E-state index contributed by atoms with van der Waals surface area (Å²) >= 11 is 0. The number of nitrogens with zero attached hydrogens (tertiary/aromatic N) is 2. The largest absolute Gasteiger partial charge is 0.346 e. The molecule has 1 amide bonds. The van der Waals surface area contributed by atoms with Crippen LogP contribution in [-0.4, -0.2) is 28.5 Å². The molecule has 1 fully saturated rings. The Morgan fingerprint density at radius 3 is 2.18 bits per heavy atom. The maximum atomic E-state index is 12.4. The van der Waals surface area contributed by atoms with Gasteiger partial charge in [-0.15, -0.1) is 0 Å². The molecule has 0 atom stereocenters. The Labute approximate surface area is 132 Å². The number of carbonyl (C=O) groups excluding carboxylic acids is 1. The zero-order valence-corrected chi connectivity index (χ0v) is 13.5. The average molecular weight is 296 g/mol. The van der Waals surface area contributed by atoms with E-state index in [0.717, 1.165) is 31.5 Å². The lowest BCUT2D eigenvalue weighted by Gasteiger charge is -2.34. The molecule has 0 unspecified atom stereocenters. The van der Waals surface area contributed by atoms with E-state index in [1.165, 1.54) is 11.4 Å². The predicted octanol–water partition coefficient (Wildman–Crippen LogP) is 3.51. The lowest BCUT2D eigenvalue weighted by Crippen LogP contribution is -2.40. The normalized spacial score (nSPS) is 16.0. The minimum atomic E-state index is 0.255. The Kier molecular flexibility index (Phi) is 4.32. The van der Waals surface area contributed by atoms with Gasteiger partial charge in [-0.3, -0.25) is 4.79 Å². The highest BCUT2D eigenvalue weighted by molar-refractivity contribution is 5.78. The molecule has 22 heavy (non-hydrogen) atoms. The van der Waals surface area contributed by atoms with Crippen LogP contribution in [0.1, 0.15) is 35.8 Å². The van der Waals surface area contributed by atoms with Crippen LogP contribution in [0.15, 0.2) is 42.5 Å². The van der Waals surface area contributed by atoms with Crippen molar-refractivity contribution in [3.8, 4) is 0 Å². The zero-order valence-electron chi connectivity index (χ0n) is 13.5. The van der Waals surface area contributed by atoms with E-state index in [1.54, 1.807) is 0 Å². The third-order valence-corrected chi connectivity index (χ3v) is 4.71. The van der Waals surface area contributed by atoms with Gasteiger partial charge in [0.1, 0.15) is 0 Å². The zero-order chi connectivity index (χ0) is 15.5. The van der Waals surface area contributed by atoms with E-state index < -0.39 is 0 Å². The van der Waals surface area contributed by atoms with E-state index in [1.807, 2.05) is 35.2 Å². The van der Waals surface area contributed by atoms with Gasteiger partial charge in [-0.1, -0.05) is 30.3 Å². The van der Waals surface area contributed by atoms with Gasteiger partial charge in [0.2, 0.25) is 5.91 Å². The maximum Gasteiger partial charge on any atom is 0.226 e. The first-order valence-electron chi connectivity index (χ1n) is 8.11. The molecule has 0 N–H and O–H groups in total. The van der Waals surface area contributed by atoms with Gasteiger partial charge in [-0.25, -0.2) is 0 Å². The first-order chi connectivity index (χ1) is 10.6. The molecular formula is C19H24N2O. The van der Waals surface area contributed by atoms with Crippen molar-refractivity contribution >= 4 is 5.91 Å². The van der Waals surface area contributed by atoms with Gasteiger partial charge >= 0.3 is 0 Å². The number of benzene rings is 1. The average Bonchev–Trinajstić information content (AvgIpc) is 2.87. The van der Waals surface area contributed by atoms with E-state index in [-0.39, 0.29) is 5.91 Å². The Hall–Kier alpha value is -2.03. The van der Waals surface area contributed by atoms with Crippen molar-refractivity contribution in [2.75, 3.05) is 13.1 Å². The van der Waals surface area contributed by atoms with Crippen molar-refractivity contribution in [3.05, 3.63) is 59.4 Å². The molecule has 1 aromatic carbocycles. The molecule has 3 rings (SSSR count). The summed E-state index contributed by atoms with van der Waals surface area (Å²) < 4.78 is 2.43. The van der Waals surface area contributed by atoms with Crippen LogP contribution in [0, 0.1) is 13.8 Å². The van der Waals surface area contributed by atoms with Gasteiger partial charge < -0.3 is 9.47 Å². The molecule has 0 radical (unpaired) electrons. The summed E-state index contributed by atoms with van der Waals surface area (Å²) in [6, 6.07) is 14.9. The fourth-order valence-electron chi connectivity index (χ4n) is 3.51. The van der Waals surface area contributed by atoms with Crippen LogP contribution < -0.4 is 0 Å². The SMILES string of the molecule is Cc1ccc(C)n1C1CCN(C(=O)Cc2ccccc2)CC1. The Morgan fingerprint density at radius 2 is 1.59 bits per heavy atom. The summed E-state index contributed by atoms with van der Waals surface area (Å²) in [5.41, 5.74) is 3.75. The predicted molar refractivity (Wildman–Crippen MR) is 88.9 cm³/mol. The van der Waals surface area contributed by atoms with Crippen LogP contribution in [-0.2, 0) is 11.2 Å². The Balaban J connectivity index is 1.59. The van der Waals surface area contributed by atoms with Gasteiger partial charge in [0.15, 0.2) is 0 Å². The minimum absolute atomic E-state index is 0.255. The number of aryl methyl sites for hydroxylation is 2. The summed E-state index contributed by atoms with van der Waals surface area (Å²) in [5, 5.41) is 0. The van der Waals surface area contributed by atoms with Crippen molar-refractivity contribution in [1.82, 2.24) is 9.47 Å². The molecule has 3 heteroatoms. The van der Waals surface area contributed by atoms with Crippen molar-refractivity contribution in [2.45, 2.75) is 39.2 Å². The van der Waals surface area contributed by atoms with Gasteiger partial charge in [0.05, 0.1) is 6.42 Å². The number of amides is 1. The van der Waals surface area contributed by atoms with E-state index >= 15 is 0 Å². The molecule has 0 bridgehead atoms. The highest BCUT2D eigenvalue weighted by Gasteiger charge is 2.24. The standard InChI is InChI=1S/C19H24N2O/c1-15-8-9-16(2)21(15)18-10-12-20(13-11-18)19(22)14-17-6-4-3-5-7-17/h3-9,18H,10-14H2,1-2H3. The molecular weight excluding hydrogens is 272 g/mol. The van der Waals surface area contributed by atoms with Gasteiger partial charge in [-0.05, 0) is 44.4 Å². The minimum Gasteiger partial charge on any atom is -0.346 e. The van der Waals surface area contributed by atoms with Crippen molar-refractivity contribution in [2.24, 2.45) is 0 Å². The summed E-state index contributed by atoms with van der Waals surface area (Å²) in [6.07, 6.45) is 2.63. The van der Waals surface area contributed by atoms with E-state index in [9.17, 15) is 4.79 Å². The molecule has 1 saturated heterocycles. The molecule has 1 aromatic heterocycles. The molecule has 2 aromatic rings. The summed E-state index contributed by atoms with van der Waals surface area (Å²) in [4.78, 5) is 14.4. The first kappa shape index (κ1) is 14.9.